The Kier molecular flexibility index (Phi) is 6.93. The van der Waals surface area contributed by atoms with Gasteiger partial charge in [-0.2, -0.15) is 0 Å². The van der Waals surface area contributed by atoms with Crippen molar-refractivity contribution in [3.8, 4) is 0 Å². The number of carbonyl (C=O) groups excluding carboxylic acids is 3. The highest BCUT2D eigenvalue weighted by Crippen LogP contribution is 2.23. The molecule has 0 saturated carbocycles. The summed E-state index contributed by atoms with van der Waals surface area (Å²) in [6, 6.07) is 14.4. The van der Waals surface area contributed by atoms with E-state index in [0.717, 1.165) is 0 Å². The molecule has 2 amide bonds. The van der Waals surface area contributed by atoms with E-state index in [1.54, 1.807) is 48.5 Å². The summed E-state index contributed by atoms with van der Waals surface area (Å²) < 4.78 is 10.1. The van der Waals surface area contributed by atoms with Crippen molar-refractivity contribution in [1.82, 2.24) is 5.32 Å². The molecule has 0 aliphatic heterocycles. The highest BCUT2D eigenvalue weighted by molar-refractivity contribution is 6.01. The first kappa shape index (κ1) is 20.0. The molecule has 2 aromatic rings. The number of anilines is 1. The van der Waals surface area contributed by atoms with Gasteiger partial charge in [0.2, 0.25) is 6.10 Å². The number of hydrogen-bond donors (Lipinski definition) is 2. The predicted molar refractivity (Wildman–Crippen MR) is 100 cm³/mol. The van der Waals surface area contributed by atoms with Gasteiger partial charge in [-0.3, -0.25) is 0 Å². The Bertz CT molecular complexity index is 805. The number of para-hydroxylation sites is 1. The molecule has 142 valence electrons. The SMILES string of the molecule is COC(=O)[C@H](OC(=O)c1ccccc1NC(=O)NC(C)C)c1ccccc1. The Labute approximate surface area is 157 Å². The van der Waals surface area contributed by atoms with Gasteiger partial charge in [0.15, 0.2) is 0 Å². The van der Waals surface area contributed by atoms with Crippen molar-refractivity contribution < 1.29 is 23.9 Å². The number of benzene rings is 2. The molecule has 2 aromatic carbocycles. The maximum atomic E-state index is 12.7. The van der Waals surface area contributed by atoms with Gasteiger partial charge in [0, 0.05) is 11.6 Å². The lowest BCUT2D eigenvalue weighted by Gasteiger charge is -2.18. The highest BCUT2D eigenvalue weighted by Gasteiger charge is 2.27. The van der Waals surface area contributed by atoms with E-state index in [0.29, 0.717) is 5.56 Å². The summed E-state index contributed by atoms with van der Waals surface area (Å²) >= 11 is 0. The average molecular weight is 370 g/mol. The quantitative estimate of drug-likeness (QED) is 0.761. The summed E-state index contributed by atoms with van der Waals surface area (Å²) in [5.41, 5.74) is 0.888. The minimum atomic E-state index is -1.21. The molecule has 0 unspecified atom stereocenters. The van der Waals surface area contributed by atoms with E-state index in [-0.39, 0.29) is 17.3 Å². The van der Waals surface area contributed by atoms with E-state index in [4.69, 9.17) is 9.47 Å². The second-order valence-electron chi connectivity index (χ2n) is 6.02. The molecule has 0 saturated heterocycles. The molecule has 0 bridgehead atoms. The minimum Gasteiger partial charge on any atom is -0.466 e. The molecule has 2 N–H and O–H groups in total. The first-order valence-electron chi connectivity index (χ1n) is 8.42. The second kappa shape index (κ2) is 9.38. The molecule has 0 aliphatic carbocycles. The molecule has 0 heterocycles. The van der Waals surface area contributed by atoms with Gasteiger partial charge in [-0.25, -0.2) is 14.4 Å². The largest absolute Gasteiger partial charge is 0.466 e. The molecule has 7 nitrogen and oxygen atoms in total. The number of ether oxygens (including phenoxy) is 2. The van der Waals surface area contributed by atoms with E-state index >= 15 is 0 Å². The third-order valence-electron chi connectivity index (χ3n) is 3.56. The molecule has 0 spiro atoms. The molecular formula is C20H22N2O5. The Morgan fingerprint density at radius 1 is 0.926 bits per heavy atom. The molecule has 0 aromatic heterocycles. The van der Waals surface area contributed by atoms with Crippen molar-refractivity contribution in [2.45, 2.75) is 26.0 Å². The zero-order valence-electron chi connectivity index (χ0n) is 15.4. The molecule has 0 aliphatic rings. The predicted octanol–water partition coefficient (Wildman–Crippen LogP) is 3.29. The van der Waals surface area contributed by atoms with Crippen LogP contribution in [-0.4, -0.2) is 31.1 Å². The first-order valence-corrected chi connectivity index (χ1v) is 8.42. The summed E-state index contributed by atoms with van der Waals surface area (Å²) in [5, 5.41) is 5.29. The minimum absolute atomic E-state index is 0.0640. The number of amides is 2. The molecule has 7 heteroatoms. The standard InChI is InChI=1S/C20H22N2O5/c1-13(2)21-20(25)22-16-12-8-7-11-15(16)18(23)27-17(19(24)26-3)14-9-5-4-6-10-14/h4-13,17H,1-3H3,(H2,21,22,25)/t17-/m1/s1. The molecule has 0 radical (unpaired) electrons. The molecular weight excluding hydrogens is 348 g/mol. The van der Waals surface area contributed by atoms with Crippen molar-refractivity contribution in [2.24, 2.45) is 0 Å². The van der Waals surface area contributed by atoms with Gasteiger partial charge >= 0.3 is 18.0 Å². The van der Waals surface area contributed by atoms with Crippen LogP contribution in [0.3, 0.4) is 0 Å². The van der Waals surface area contributed by atoms with Crippen LogP contribution in [0.25, 0.3) is 0 Å². The zero-order chi connectivity index (χ0) is 19.8. The Morgan fingerprint density at radius 2 is 1.56 bits per heavy atom. The number of methoxy groups -OCH3 is 1. The van der Waals surface area contributed by atoms with Gasteiger partial charge in [0.1, 0.15) is 0 Å². The van der Waals surface area contributed by atoms with Crippen LogP contribution in [0.15, 0.2) is 54.6 Å². The zero-order valence-corrected chi connectivity index (χ0v) is 15.4. The van der Waals surface area contributed by atoms with E-state index in [9.17, 15) is 14.4 Å². The Balaban J connectivity index is 2.23. The van der Waals surface area contributed by atoms with Crippen molar-refractivity contribution in [2.75, 3.05) is 12.4 Å². The third-order valence-corrected chi connectivity index (χ3v) is 3.56. The van der Waals surface area contributed by atoms with Gasteiger partial charge in [-0.15, -0.1) is 0 Å². The normalized spacial score (nSPS) is 11.4. The van der Waals surface area contributed by atoms with Crippen molar-refractivity contribution >= 4 is 23.7 Å². The fraction of sp³-hybridized carbons (Fsp3) is 0.250. The molecule has 1 atom stereocenters. The lowest BCUT2D eigenvalue weighted by atomic mass is 10.1. The monoisotopic (exact) mass is 370 g/mol. The summed E-state index contributed by atoms with van der Waals surface area (Å²) in [4.78, 5) is 36.7. The van der Waals surface area contributed by atoms with Crippen molar-refractivity contribution in [3.05, 3.63) is 65.7 Å². The number of hydrogen-bond acceptors (Lipinski definition) is 5. The fourth-order valence-corrected chi connectivity index (χ4v) is 2.35. The first-order chi connectivity index (χ1) is 12.9. The van der Waals surface area contributed by atoms with E-state index < -0.39 is 24.1 Å². The molecule has 2 rings (SSSR count). The van der Waals surface area contributed by atoms with Crippen LogP contribution in [0.4, 0.5) is 10.5 Å². The fourth-order valence-electron chi connectivity index (χ4n) is 2.35. The van der Waals surface area contributed by atoms with Crippen LogP contribution in [0, 0.1) is 0 Å². The summed E-state index contributed by atoms with van der Waals surface area (Å²) in [6.45, 7) is 3.64. The summed E-state index contributed by atoms with van der Waals surface area (Å²) in [7, 11) is 1.22. The number of nitrogens with one attached hydrogen (secondary N) is 2. The van der Waals surface area contributed by atoms with Crippen LogP contribution in [-0.2, 0) is 14.3 Å². The second-order valence-corrected chi connectivity index (χ2v) is 6.02. The smallest absolute Gasteiger partial charge is 0.351 e. The lowest BCUT2D eigenvalue weighted by molar-refractivity contribution is -0.151. The van der Waals surface area contributed by atoms with Crippen molar-refractivity contribution in [3.63, 3.8) is 0 Å². The van der Waals surface area contributed by atoms with Gasteiger partial charge < -0.3 is 20.1 Å². The van der Waals surface area contributed by atoms with Crippen LogP contribution < -0.4 is 10.6 Å². The maximum absolute atomic E-state index is 12.7. The van der Waals surface area contributed by atoms with E-state index in [1.807, 2.05) is 13.8 Å². The molecule has 27 heavy (non-hydrogen) atoms. The average Bonchev–Trinajstić information content (AvgIpc) is 2.65. The van der Waals surface area contributed by atoms with E-state index in [2.05, 4.69) is 10.6 Å². The van der Waals surface area contributed by atoms with Crippen LogP contribution in [0.5, 0.6) is 0 Å². The van der Waals surface area contributed by atoms with Crippen molar-refractivity contribution in [1.29, 1.82) is 0 Å². The Hall–Kier alpha value is -3.35. The van der Waals surface area contributed by atoms with Crippen LogP contribution in [0.1, 0.15) is 35.9 Å². The topological polar surface area (TPSA) is 93.7 Å². The third kappa shape index (κ3) is 5.57. The van der Waals surface area contributed by atoms with Crippen LogP contribution >= 0.6 is 0 Å². The number of esters is 2. The van der Waals surface area contributed by atoms with E-state index in [1.165, 1.54) is 13.2 Å². The van der Waals surface area contributed by atoms with Gasteiger partial charge in [0.25, 0.3) is 0 Å². The summed E-state index contributed by atoms with van der Waals surface area (Å²) in [5.74, 6) is -1.45. The van der Waals surface area contributed by atoms with Gasteiger partial charge in [0.05, 0.1) is 18.4 Å². The maximum Gasteiger partial charge on any atom is 0.351 e. The van der Waals surface area contributed by atoms with Crippen LogP contribution in [0.2, 0.25) is 0 Å². The summed E-state index contributed by atoms with van der Waals surface area (Å²) in [6.07, 6.45) is -1.21. The highest BCUT2D eigenvalue weighted by atomic mass is 16.6. The number of carbonyl (C=O) groups is 3. The Morgan fingerprint density at radius 3 is 2.19 bits per heavy atom. The molecule has 0 fully saturated rings. The number of rotatable bonds is 6. The lowest BCUT2D eigenvalue weighted by Crippen LogP contribution is -2.34. The van der Waals surface area contributed by atoms with Gasteiger partial charge in [-0.1, -0.05) is 42.5 Å². The number of urea groups is 1. The van der Waals surface area contributed by atoms with Gasteiger partial charge in [-0.05, 0) is 26.0 Å².